The minimum absolute atomic E-state index is 0.0439. The van der Waals surface area contributed by atoms with Crippen molar-refractivity contribution in [3.05, 3.63) is 36.4 Å². The Kier molecular flexibility index (Phi) is 3.53. The second kappa shape index (κ2) is 4.67. The van der Waals surface area contributed by atoms with E-state index in [4.69, 9.17) is 9.84 Å². The van der Waals surface area contributed by atoms with Crippen molar-refractivity contribution in [3.63, 3.8) is 0 Å². The van der Waals surface area contributed by atoms with Gasteiger partial charge in [-0.2, -0.15) is 0 Å². The van der Waals surface area contributed by atoms with Gasteiger partial charge in [-0.15, -0.1) is 0 Å². The van der Waals surface area contributed by atoms with Crippen LogP contribution in [0.25, 0.3) is 5.57 Å². The van der Waals surface area contributed by atoms with E-state index in [0.717, 1.165) is 16.9 Å². The van der Waals surface area contributed by atoms with Crippen LogP contribution in [0.5, 0.6) is 5.75 Å². The third-order valence-electron chi connectivity index (χ3n) is 1.71. The van der Waals surface area contributed by atoms with Gasteiger partial charge >= 0.3 is 0 Å². The molecule has 13 heavy (non-hydrogen) atoms. The Morgan fingerprint density at radius 2 is 2.00 bits per heavy atom. The van der Waals surface area contributed by atoms with Gasteiger partial charge < -0.3 is 9.84 Å². The first-order valence-electron chi connectivity index (χ1n) is 4.23. The van der Waals surface area contributed by atoms with Crippen molar-refractivity contribution < 1.29 is 9.84 Å². The Balaban J connectivity index is 2.64. The SMILES string of the molecule is C=C(C)c1ccc(OCCO)cc1. The van der Waals surface area contributed by atoms with Gasteiger partial charge in [0.25, 0.3) is 0 Å². The number of aliphatic hydroxyl groups is 1. The van der Waals surface area contributed by atoms with Crippen LogP contribution in [0.3, 0.4) is 0 Å². The van der Waals surface area contributed by atoms with Gasteiger partial charge in [0.15, 0.2) is 0 Å². The molecule has 1 aromatic rings. The highest BCUT2D eigenvalue weighted by Gasteiger charge is 1.94. The molecule has 2 nitrogen and oxygen atoms in total. The summed E-state index contributed by atoms with van der Waals surface area (Å²) in [7, 11) is 0. The van der Waals surface area contributed by atoms with Gasteiger partial charge in [0, 0.05) is 0 Å². The van der Waals surface area contributed by atoms with Gasteiger partial charge in [0.1, 0.15) is 12.4 Å². The van der Waals surface area contributed by atoms with Crippen LogP contribution in [0.4, 0.5) is 0 Å². The molecule has 2 heteroatoms. The number of benzene rings is 1. The number of hydrogen-bond acceptors (Lipinski definition) is 2. The molecule has 0 spiro atoms. The molecule has 0 aliphatic rings. The van der Waals surface area contributed by atoms with Crippen molar-refractivity contribution in [2.45, 2.75) is 6.92 Å². The number of aliphatic hydroxyl groups excluding tert-OH is 1. The first-order chi connectivity index (χ1) is 6.24. The molecule has 0 aliphatic heterocycles. The van der Waals surface area contributed by atoms with E-state index >= 15 is 0 Å². The van der Waals surface area contributed by atoms with Gasteiger partial charge in [-0.25, -0.2) is 0 Å². The predicted molar refractivity (Wildman–Crippen MR) is 53.7 cm³/mol. The molecular weight excluding hydrogens is 164 g/mol. The van der Waals surface area contributed by atoms with E-state index in [-0.39, 0.29) is 6.61 Å². The first kappa shape index (κ1) is 9.81. The highest BCUT2D eigenvalue weighted by molar-refractivity contribution is 5.61. The van der Waals surface area contributed by atoms with Crippen molar-refractivity contribution in [2.75, 3.05) is 13.2 Å². The Morgan fingerprint density at radius 1 is 1.38 bits per heavy atom. The largest absolute Gasteiger partial charge is 0.491 e. The molecule has 0 heterocycles. The minimum Gasteiger partial charge on any atom is -0.491 e. The van der Waals surface area contributed by atoms with Gasteiger partial charge in [-0.1, -0.05) is 24.3 Å². The Hall–Kier alpha value is -1.28. The first-order valence-corrected chi connectivity index (χ1v) is 4.23. The molecule has 0 saturated carbocycles. The average Bonchev–Trinajstić information content (AvgIpc) is 2.15. The summed E-state index contributed by atoms with van der Waals surface area (Å²) in [6.07, 6.45) is 0. The highest BCUT2D eigenvalue weighted by atomic mass is 16.5. The molecule has 1 N–H and O–H groups in total. The van der Waals surface area contributed by atoms with Crippen LogP contribution in [0, 0.1) is 0 Å². The van der Waals surface area contributed by atoms with E-state index in [9.17, 15) is 0 Å². The van der Waals surface area contributed by atoms with E-state index in [1.54, 1.807) is 0 Å². The van der Waals surface area contributed by atoms with Crippen LogP contribution >= 0.6 is 0 Å². The maximum absolute atomic E-state index is 8.53. The monoisotopic (exact) mass is 178 g/mol. The molecular formula is C11H14O2. The van der Waals surface area contributed by atoms with Crippen LogP contribution in [-0.4, -0.2) is 18.3 Å². The zero-order valence-electron chi connectivity index (χ0n) is 7.79. The average molecular weight is 178 g/mol. The molecule has 1 rings (SSSR count). The Morgan fingerprint density at radius 3 is 2.46 bits per heavy atom. The number of rotatable bonds is 4. The normalized spacial score (nSPS) is 9.69. The van der Waals surface area contributed by atoms with Gasteiger partial charge in [0.05, 0.1) is 6.61 Å². The van der Waals surface area contributed by atoms with Crippen LogP contribution in [0.2, 0.25) is 0 Å². The van der Waals surface area contributed by atoms with Crippen LogP contribution in [0.1, 0.15) is 12.5 Å². The lowest BCUT2D eigenvalue weighted by atomic mass is 10.1. The van der Waals surface area contributed by atoms with E-state index in [1.165, 1.54) is 0 Å². The molecule has 0 radical (unpaired) electrons. The molecule has 0 unspecified atom stereocenters. The summed E-state index contributed by atoms with van der Waals surface area (Å²) in [6, 6.07) is 7.66. The van der Waals surface area contributed by atoms with Crippen molar-refractivity contribution in [2.24, 2.45) is 0 Å². The molecule has 0 amide bonds. The van der Waals surface area contributed by atoms with E-state index < -0.39 is 0 Å². The van der Waals surface area contributed by atoms with E-state index in [1.807, 2.05) is 31.2 Å². The third kappa shape index (κ3) is 2.92. The summed E-state index contributed by atoms with van der Waals surface area (Å²) in [4.78, 5) is 0. The zero-order valence-corrected chi connectivity index (χ0v) is 7.79. The molecule has 0 saturated heterocycles. The number of hydrogen-bond donors (Lipinski definition) is 1. The van der Waals surface area contributed by atoms with Gasteiger partial charge in [0.2, 0.25) is 0 Å². The highest BCUT2D eigenvalue weighted by Crippen LogP contribution is 2.16. The second-order valence-electron chi connectivity index (χ2n) is 2.88. The molecule has 0 aliphatic carbocycles. The zero-order chi connectivity index (χ0) is 9.68. The van der Waals surface area contributed by atoms with Crippen LogP contribution < -0.4 is 4.74 Å². The molecule has 0 fully saturated rings. The molecule has 0 aromatic heterocycles. The summed E-state index contributed by atoms with van der Waals surface area (Å²) in [5, 5.41) is 8.53. The van der Waals surface area contributed by atoms with E-state index in [2.05, 4.69) is 6.58 Å². The fourth-order valence-electron chi connectivity index (χ4n) is 0.999. The fraction of sp³-hybridized carbons (Fsp3) is 0.273. The summed E-state index contributed by atoms with van der Waals surface area (Å²) >= 11 is 0. The molecule has 0 atom stereocenters. The number of ether oxygens (including phenoxy) is 1. The lowest BCUT2D eigenvalue weighted by Crippen LogP contribution is -2.01. The van der Waals surface area contributed by atoms with E-state index in [0.29, 0.717) is 6.61 Å². The summed E-state index contributed by atoms with van der Waals surface area (Å²) in [6.45, 7) is 6.18. The molecule has 1 aromatic carbocycles. The third-order valence-corrected chi connectivity index (χ3v) is 1.71. The number of allylic oxidation sites excluding steroid dienone is 1. The predicted octanol–water partition coefficient (Wildman–Crippen LogP) is 2.09. The molecule has 0 bridgehead atoms. The van der Waals surface area contributed by atoms with Gasteiger partial charge in [-0.05, 0) is 24.6 Å². The summed E-state index contributed by atoms with van der Waals surface area (Å²) in [5.74, 6) is 0.777. The standard InChI is InChI=1S/C11H14O2/c1-9(2)10-3-5-11(6-4-10)13-8-7-12/h3-6,12H,1,7-8H2,2H3. The quantitative estimate of drug-likeness (QED) is 0.765. The topological polar surface area (TPSA) is 29.5 Å². The molecule has 70 valence electrons. The maximum atomic E-state index is 8.53. The van der Waals surface area contributed by atoms with Crippen molar-refractivity contribution in [1.29, 1.82) is 0 Å². The summed E-state index contributed by atoms with van der Waals surface area (Å²) < 4.78 is 5.21. The lowest BCUT2D eigenvalue weighted by Gasteiger charge is -2.04. The lowest BCUT2D eigenvalue weighted by molar-refractivity contribution is 0.201. The van der Waals surface area contributed by atoms with Crippen molar-refractivity contribution in [3.8, 4) is 5.75 Å². The van der Waals surface area contributed by atoms with Crippen LogP contribution in [0.15, 0.2) is 30.8 Å². The fourth-order valence-corrected chi connectivity index (χ4v) is 0.999. The Labute approximate surface area is 78.5 Å². The second-order valence-corrected chi connectivity index (χ2v) is 2.88. The smallest absolute Gasteiger partial charge is 0.119 e. The maximum Gasteiger partial charge on any atom is 0.119 e. The van der Waals surface area contributed by atoms with Crippen LogP contribution in [-0.2, 0) is 0 Å². The summed E-state index contributed by atoms with van der Waals surface area (Å²) in [5.41, 5.74) is 2.14. The van der Waals surface area contributed by atoms with Gasteiger partial charge in [-0.3, -0.25) is 0 Å². The van der Waals surface area contributed by atoms with Crippen molar-refractivity contribution >= 4 is 5.57 Å². The minimum atomic E-state index is 0.0439. The Bertz CT molecular complexity index is 275. The van der Waals surface area contributed by atoms with Crippen molar-refractivity contribution in [1.82, 2.24) is 0 Å².